The summed E-state index contributed by atoms with van der Waals surface area (Å²) in [4.78, 5) is 26.8. The highest BCUT2D eigenvalue weighted by molar-refractivity contribution is 6.34. The highest BCUT2D eigenvalue weighted by atomic mass is 16.5. The Labute approximate surface area is 114 Å². The predicted molar refractivity (Wildman–Crippen MR) is 69.7 cm³/mol. The largest absolute Gasteiger partial charge is 0.395 e. The SMILES string of the molecule is CCN(CCO)C(=O)C(=O)N(CCOC)CCOC. The normalized spacial score (nSPS) is 10.3. The van der Waals surface area contributed by atoms with E-state index < -0.39 is 11.8 Å². The number of aliphatic hydroxyl groups is 1. The zero-order chi connectivity index (χ0) is 14.7. The predicted octanol–water partition coefficient (Wildman–Crippen LogP) is -1.05. The van der Waals surface area contributed by atoms with Crippen molar-refractivity contribution in [3.05, 3.63) is 0 Å². The molecule has 1 N–H and O–H groups in total. The van der Waals surface area contributed by atoms with E-state index in [1.54, 1.807) is 6.92 Å². The number of carbonyl (C=O) groups excluding carboxylic acids is 2. The van der Waals surface area contributed by atoms with Gasteiger partial charge in [0.05, 0.1) is 19.8 Å². The van der Waals surface area contributed by atoms with Gasteiger partial charge in [0.1, 0.15) is 0 Å². The number of hydrogen-bond acceptors (Lipinski definition) is 5. The Morgan fingerprint density at radius 1 is 0.947 bits per heavy atom. The third-order valence-corrected chi connectivity index (χ3v) is 2.64. The average molecular weight is 276 g/mol. The van der Waals surface area contributed by atoms with E-state index >= 15 is 0 Å². The highest BCUT2D eigenvalue weighted by Gasteiger charge is 2.25. The van der Waals surface area contributed by atoms with Crippen LogP contribution >= 0.6 is 0 Å². The molecule has 0 aromatic rings. The van der Waals surface area contributed by atoms with Crippen molar-refractivity contribution >= 4 is 11.8 Å². The summed E-state index contributed by atoms with van der Waals surface area (Å²) < 4.78 is 9.83. The first-order valence-electron chi connectivity index (χ1n) is 6.29. The smallest absolute Gasteiger partial charge is 0.312 e. The fourth-order valence-corrected chi connectivity index (χ4v) is 1.51. The average Bonchev–Trinajstić information content (AvgIpc) is 2.43. The van der Waals surface area contributed by atoms with Gasteiger partial charge in [0.2, 0.25) is 0 Å². The van der Waals surface area contributed by atoms with E-state index in [1.807, 2.05) is 0 Å². The maximum Gasteiger partial charge on any atom is 0.312 e. The standard InChI is InChI=1S/C12H24N2O5/c1-4-13(5-8-15)11(16)12(17)14(6-9-18-2)7-10-19-3/h15H,4-10H2,1-3H3. The fourth-order valence-electron chi connectivity index (χ4n) is 1.51. The number of carbonyl (C=O) groups is 2. The molecule has 0 radical (unpaired) electrons. The second kappa shape index (κ2) is 10.7. The van der Waals surface area contributed by atoms with Gasteiger partial charge in [-0.15, -0.1) is 0 Å². The molecule has 0 aliphatic carbocycles. The molecule has 0 heterocycles. The van der Waals surface area contributed by atoms with Crippen LogP contribution in [0, 0.1) is 0 Å². The van der Waals surface area contributed by atoms with Crippen LogP contribution in [-0.2, 0) is 19.1 Å². The molecule has 0 saturated heterocycles. The monoisotopic (exact) mass is 276 g/mol. The molecule has 0 aromatic heterocycles. The van der Waals surface area contributed by atoms with E-state index in [0.717, 1.165) is 0 Å². The maximum atomic E-state index is 12.1. The number of nitrogens with zero attached hydrogens (tertiary/aromatic N) is 2. The highest BCUT2D eigenvalue weighted by Crippen LogP contribution is 1.97. The van der Waals surface area contributed by atoms with E-state index in [9.17, 15) is 9.59 Å². The van der Waals surface area contributed by atoms with Gasteiger partial charge in [-0.3, -0.25) is 9.59 Å². The fraction of sp³-hybridized carbons (Fsp3) is 0.833. The zero-order valence-corrected chi connectivity index (χ0v) is 11.9. The molecule has 0 spiro atoms. The van der Waals surface area contributed by atoms with E-state index in [0.29, 0.717) is 32.8 Å². The number of aliphatic hydroxyl groups excluding tert-OH is 1. The van der Waals surface area contributed by atoms with Crippen LogP contribution < -0.4 is 0 Å². The van der Waals surface area contributed by atoms with Gasteiger partial charge < -0.3 is 24.4 Å². The summed E-state index contributed by atoms with van der Waals surface area (Å²) in [6, 6.07) is 0. The topological polar surface area (TPSA) is 79.3 Å². The van der Waals surface area contributed by atoms with Crippen molar-refractivity contribution in [1.82, 2.24) is 9.80 Å². The number of hydrogen-bond donors (Lipinski definition) is 1. The Balaban J connectivity index is 4.60. The lowest BCUT2D eigenvalue weighted by Gasteiger charge is -2.25. The van der Waals surface area contributed by atoms with Gasteiger partial charge in [-0.2, -0.15) is 0 Å². The summed E-state index contributed by atoms with van der Waals surface area (Å²) in [6.07, 6.45) is 0. The minimum absolute atomic E-state index is 0.156. The van der Waals surface area contributed by atoms with Crippen LogP contribution in [0.4, 0.5) is 0 Å². The van der Waals surface area contributed by atoms with Crippen molar-refractivity contribution in [2.45, 2.75) is 6.92 Å². The second-order valence-electron chi connectivity index (χ2n) is 3.89. The number of ether oxygens (including phenoxy) is 2. The van der Waals surface area contributed by atoms with Crippen molar-refractivity contribution in [2.75, 3.05) is 60.2 Å². The number of likely N-dealkylation sites (N-methyl/N-ethyl adjacent to an activating group) is 1. The molecular formula is C12H24N2O5. The summed E-state index contributed by atoms with van der Waals surface area (Å²) in [5, 5.41) is 8.86. The molecule has 0 aliphatic rings. The van der Waals surface area contributed by atoms with Gasteiger partial charge in [0.25, 0.3) is 0 Å². The molecule has 0 atom stereocenters. The third-order valence-electron chi connectivity index (χ3n) is 2.64. The number of amides is 2. The van der Waals surface area contributed by atoms with Crippen LogP contribution in [-0.4, -0.2) is 86.9 Å². The van der Waals surface area contributed by atoms with E-state index in [-0.39, 0.29) is 13.2 Å². The molecule has 0 fully saturated rings. The van der Waals surface area contributed by atoms with Gasteiger partial charge in [0.15, 0.2) is 0 Å². The molecule has 0 aliphatic heterocycles. The third kappa shape index (κ3) is 6.51. The molecule has 0 bridgehead atoms. The van der Waals surface area contributed by atoms with Gasteiger partial charge in [0, 0.05) is 40.4 Å². The Morgan fingerprint density at radius 2 is 1.42 bits per heavy atom. The van der Waals surface area contributed by atoms with Crippen molar-refractivity contribution in [3.63, 3.8) is 0 Å². The van der Waals surface area contributed by atoms with Crippen LogP contribution in [0.3, 0.4) is 0 Å². The van der Waals surface area contributed by atoms with Crippen molar-refractivity contribution in [1.29, 1.82) is 0 Å². The lowest BCUT2D eigenvalue weighted by molar-refractivity contribution is -0.152. The zero-order valence-electron chi connectivity index (χ0n) is 11.9. The van der Waals surface area contributed by atoms with Gasteiger partial charge in [-0.25, -0.2) is 0 Å². The molecule has 0 saturated carbocycles. The first-order valence-corrected chi connectivity index (χ1v) is 6.29. The minimum Gasteiger partial charge on any atom is -0.395 e. The summed E-state index contributed by atoms with van der Waals surface area (Å²) in [7, 11) is 3.07. The lowest BCUT2D eigenvalue weighted by Crippen LogP contribution is -2.48. The molecule has 0 unspecified atom stereocenters. The molecular weight excluding hydrogens is 252 g/mol. The summed E-state index contributed by atoms with van der Waals surface area (Å²) in [6.45, 7) is 3.52. The second-order valence-corrected chi connectivity index (χ2v) is 3.89. The molecule has 7 heteroatoms. The van der Waals surface area contributed by atoms with Gasteiger partial charge in [-0.1, -0.05) is 0 Å². The first-order chi connectivity index (χ1) is 9.12. The molecule has 2 amide bonds. The van der Waals surface area contributed by atoms with Crippen molar-refractivity contribution in [2.24, 2.45) is 0 Å². The van der Waals surface area contributed by atoms with Gasteiger partial charge in [-0.05, 0) is 6.92 Å². The Morgan fingerprint density at radius 3 is 1.79 bits per heavy atom. The molecule has 0 aromatic carbocycles. The van der Waals surface area contributed by atoms with E-state index in [2.05, 4.69) is 0 Å². The van der Waals surface area contributed by atoms with Crippen molar-refractivity contribution in [3.8, 4) is 0 Å². The molecule has 112 valence electrons. The number of rotatable bonds is 9. The van der Waals surface area contributed by atoms with E-state index in [4.69, 9.17) is 14.6 Å². The van der Waals surface area contributed by atoms with E-state index in [1.165, 1.54) is 24.0 Å². The Bertz CT molecular complexity index is 265. The van der Waals surface area contributed by atoms with Crippen LogP contribution in [0.1, 0.15) is 6.92 Å². The summed E-state index contributed by atoms with van der Waals surface area (Å²) in [5.41, 5.74) is 0. The van der Waals surface area contributed by atoms with Gasteiger partial charge >= 0.3 is 11.8 Å². The number of methoxy groups -OCH3 is 2. The van der Waals surface area contributed by atoms with Crippen LogP contribution in [0.15, 0.2) is 0 Å². The van der Waals surface area contributed by atoms with Crippen LogP contribution in [0.25, 0.3) is 0 Å². The van der Waals surface area contributed by atoms with Crippen LogP contribution in [0.2, 0.25) is 0 Å². The Hall–Kier alpha value is -1.18. The molecule has 7 nitrogen and oxygen atoms in total. The maximum absolute atomic E-state index is 12.1. The quantitative estimate of drug-likeness (QED) is 0.544. The minimum atomic E-state index is -0.608. The van der Waals surface area contributed by atoms with Crippen molar-refractivity contribution < 1.29 is 24.2 Å². The van der Waals surface area contributed by atoms with Crippen LogP contribution in [0.5, 0.6) is 0 Å². The molecule has 19 heavy (non-hydrogen) atoms. The Kier molecular flexibility index (Phi) is 10.1. The molecule has 0 rings (SSSR count). The first kappa shape index (κ1) is 17.8. The lowest BCUT2D eigenvalue weighted by atomic mass is 10.3. The summed E-state index contributed by atoms with van der Waals surface area (Å²) in [5.74, 6) is -1.20. The summed E-state index contributed by atoms with van der Waals surface area (Å²) >= 11 is 0.